The van der Waals surface area contributed by atoms with Crippen molar-refractivity contribution in [2.75, 3.05) is 0 Å². The highest BCUT2D eigenvalue weighted by atomic mass is 16.3. The minimum Gasteiger partial charge on any atom is -0.391 e. The Balaban J connectivity index is 1.99. The number of nitrogens with two attached hydrogens (primary N) is 1. The average molecular weight is 269 g/mol. The van der Waals surface area contributed by atoms with Crippen LogP contribution in [0, 0.1) is 12.8 Å². The maximum atomic E-state index is 10.6. The summed E-state index contributed by atoms with van der Waals surface area (Å²) in [7, 11) is 0. The molecule has 2 aromatic carbocycles. The summed E-state index contributed by atoms with van der Waals surface area (Å²) in [6.07, 6.45) is 4.24. The third-order valence-corrected chi connectivity index (χ3v) is 4.79. The Kier molecular flexibility index (Phi) is 3.77. The van der Waals surface area contributed by atoms with Gasteiger partial charge in [-0.25, -0.2) is 0 Å². The van der Waals surface area contributed by atoms with E-state index < -0.39 is 6.10 Å². The van der Waals surface area contributed by atoms with E-state index in [1.54, 1.807) is 0 Å². The molecule has 0 bridgehead atoms. The molecule has 0 amide bonds. The molecular formula is C18H23NO. The molecule has 1 aliphatic rings. The van der Waals surface area contributed by atoms with Crippen LogP contribution in [0.4, 0.5) is 0 Å². The van der Waals surface area contributed by atoms with E-state index in [9.17, 15) is 5.11 Å². The van der Waals surface area contributed by atoms with Crippen molar-refractivity contribution in [3.8, 4) is 0 Å². The van der Waals surface area contributed by atoms with Gasteiger partial charge in [0.25, 0.3) is 0 Å². The zero-order chi connectivity index (χ0) is 14.1. The van der Waals surface area contributed by atoms with Gasteiger partial charge in [0.15, 0.2) is 0 Å². The van der Waals surface area contributed by atoms with Crippen molar-refractivity contribution in [2.45, 2.75) is 44.8 Å². The Bertz CT molecular complexity index is 601. The first kappa shape index (κ1) is 13.6. The molecule has 3 N–H and O–H groups in total. The third-order valence-electron chi connectivity index (χ3n) is 4.79. The molecule has 0 unspecified atom stereocenters. The minimum atomic E-state index is -0.427. The maximum Gasteiger partial charge on any atom is 0.0761 e. The van der Waals surface area contributed by atoms with E-state index in [2.05, 4.69) is 37.3 Å². The fourth-order valence-corrected chi connectivity index (χ4v) is 3.54. The summed E-state index contributed by atoms with van der Waals surface area (Å²) < 4.78 is 0. The number of hydrogen-bond acceptors (Lipinski definition) is 2. The number of aryl methyl sites for hydroxylation is 1. The predicted molar refractivity (Wildman–Crippen MR) is 83.6 cm³/mol. The molecule has 0 aromatic heterocycles. The first-order chi connectivity index (χ1) is 9.68. The van der Waals surface area contributed by atoms with Gasteiger partial charge in [-0.05, 0) is 47.6 Å². The van der Waals surface area contributed by atoms with Crippen molar-refractivity contribution in [3.05, 3.63) is 47.5 Å². The van der Waals surface area contributed by atoms with Crippen LogP contribution in [-0.4, -0.2) is 11.2 Å². The highest BCUT2D eigenvalue weighted by Gasteiger charge is 2.29. The lowest BCUT2D eigenvalue weighted by atomic mass is 9.87. The molecule has 1 saturated carbocycles. The van der Waals surface area contributed by atoms with E-state index in [4.69, 9.17) is 5.73 Å². The van der Waals surface area contributed by atoms with Gasteiger partial charge in [-0.2, -0.15) is 0 Å². The molecule has 20 heavy (non-hydrogen) atoms. The predicted octanol–water partition coefficient (Wildman–Crippen LogP) is 3.70. The van der Waals surface area contributed by atoms with Crippen molar-refractivity contribution >= 4 is 10.8 Å². The van der Waals surface area contributed by atoms with E-state index in [1.807, 2.05) is 6.07 Å². The summed E-state index contributed by atoms with van der Waals surface area (Å²) in [5.74, 6) is 0.366. The molecule has 2 atom stereocenters. The van der Waals surface area contributed by atoms with Crippen molar-refractivity contribution in [1.29, 1.82) is 0 Å². The molecule has 0 heterocycles. The van der Waals surface area contributed by atoms with Crippen LogP contribution in [0.25, 0.3) is 10.8 Å². The molecule has 0 aliphatic heterocycles. The van der Waals surface area contributed by atoms with Gasteiger partial charge in [0.2, 0.25) is 0 Å². The lowest BCUT2D eigenvalue weighted by Crippen LogP contribution is -2.32. The Morgan fingerprint density at radius 1 is 1.05 bits per heavy atom. The number of aliphatic hydroxyl groups excluding tert-OH is 1. The normalized spacial score (nSPS) is 19.4. The third kappa shape index (κ3) is 2.34. The summed E-state index contributed by atoms with van der Waals surface area (Å²) in [4.78, 5) is 0. The van der Waals surface area contributed by atoms with E-state index in [0.717, 1.165) is 18.4 Å². The lowest BCUT2D eigenvalue weighted by molar-refractivity contribution is 0.0849. The summed E-state index contributed by atoms with van der Waals surface area (Å²) in [5.41, 5.74) is 8.72. The fourth-order valence-electron chi connectivity index (χ4n) is 3.54. The molecule has 0 saturated heterocycles. The molecular weight excluding hydrogens is 246 g/mol. The van der Waals surface area contributed by atoms with Crippen LogP contribution in [0.2, 0.25) is 0 Å². The molecule has 1 aliphatic carbocycles. The van der Waals surface area contributed by atoms with Gasteiger partial charge >= 0.3 is 0 Å². The number of fused-ring (bicyclic) bond motifs is 1. The van der Waals surface area contributed by atoms with Crippen molar-refractivity contribution in [3.63, 3.8) is 0 Å². The van der Waals surface area contributed by atoms with Gasteiger partial charge < -0.3 is 10.8 Å². The van der Waals surface area contributed by atoms with Crippen LogP contribution < -0.4 is 5.73 Å². The van der Waals surface area contributed by atoms with Gasteiger partial charge in [0, 0.05) is 0 Å². The number of benzene rings is 2. The summed E-state index contributed by atoms with van der Waals surface area (Å²) in [6, 6.07) is 12.2. The monoisotopic (exact) mass is 269 g/mol. The molecule has 0 radical (unpaired) electrons. The van der Waals surface area contributed by atoms with Crippen molar-refractivity contribution in [1.82, 2.24) is 0 Å². The molecule has 2 aromatic rings. The van der Waals surface area contributed by atoms with E-state index in [0.29, 0.717) is 5.92 Å². The summed E-state index contributed by atoms with van der Waals surface area (Å²) in [5, 5.41) is 13.0. The summed E-state index contributed by atoms with van der Waals surface area (Å²) in [6.45, 7) is 2.12. The van der Waals surface area contributed by atoms with Crippen LogP contribution >= 0.6 is 0 Å². The van der Waals surface area contributed by atoms with Gasteiger partial charge in [0.05, 0.1) is 12.1 Å². The second-order valence-corrected chi connectivity index (χ2v) is 6.08. The zero-order valence-corrected chi connectivity index (χ0v) is 12.0. The highest BCUT2D eigenvalue weighted by Crippen LogP contribution is 2.35. The SMILES string of the molecule is Cc1ccc([C@H](N)[C@H](O)C2CCCC2)c2ccccc12. The Morgan fingerprint density at radius 2 is 1.70 bits per heavy atom. The van der Waals surface area contributed by atoms with Crippen LogP contribution in [0.5, 0.6) is 0 Å². The second-order valence-electron chi connectivity index (χ2n) is 6.08. The standard InChI is InChI=1S/C18H23NO/c1-12-10-11-16(15-9-5-4-8-14(12)15)17(19)18(20)13-6-2-3-7-13/h4-5,8-11,13,17-18,20H,2-3,6-7,19H2,1H3/t17-,18+/m0/s1. The largest absolute Gasteiger partial charge is 0.391 e. The average Bonchev–Trinajstić information content (AvgIpc) is 3.01. The van der Waals surface area contributed by atoms with Crippen LogP contribution in [-0.2, 0) is 0 Å². The Hall–Kier alpha value is -1.38. The first-order valence-corrected chi connectivity index (χ1v) is 7.60. The molecule has 3 rings (SSSR count). The second kappa shape index (κ2) is 5.55. The molecule has 2 nitrogen and oxygen atoms in total. The molecule has 2 heteroatoms. The maximum absolute atomic E-state index is 10.6. The Morgan fingerprint density at radius 3 is 2.40 bits per heavy atom. The minimum absolute atomic E-state index is 0.288. The smallest absolute Gasteiger partial charge is 0.0761 e. The Labute approximate surface area is 120 Å². The number of rotatable bonds is 3. The fraction of sp³-hybridized carbons (Fsp3) is 0.444. The topological polar surface area (TPSA) is 46.2 Å². The van der Waals surface area contributed by atoms with Crippen molar-refractivity contribution in [2.24, 2.45) is 11.7 Å². The molecule has 1 fully saturated rings. The van der Waals surface area contributed by atoms with Gasteiger partial charge in [0.1, 0.15) is 0 Å². The van der Waals surface area contributed by atoms with Gasteiger partial charge in [-0.1, -0.05) is 49.2 Å². The van der Waals surface area contributed by atoms with Crippen molar-refractivity contribution < 1.29 is 5.11 Å². The highest BCUT2D eigenvalue weighted by molar-refractivity contribution is 5.88. The van der Waals surface area contributed by atoms with E-state index >= 15 is 0 Å². The number of hydrogen-bond donors (Lipinski definition) is 2. The van der Waals surface area contributed by atoms with Gasteiger partial charge in [-0.15, -0.1) is 0 Å². The molecule has 106 valence electrons. The van der Waals surface area contributed by atoms with E-state index in [1.165, 1.54) is 29.2 Å². The molecule has 0 spiro atoms. The zero-order valence-electron chi connectivity index (χ0n) is 12.0. The van der Waals surface area contributed by atoms with Crippen LogP contribution in [0.1, 0.15) is 42.9 Å². The van der Waals surface area contributed by atoms with Crippen LogP contribution in [0.3, 0.4) is 0 Å². The summed E-state index contributed by atoms with van der Waals surface area (Å²) >= 11 is 0. The van der Waals surface area contributed by atoms with E-state index in [-0.39, 0.29) is 6.04 Å². The quantitative estimate of drug-likeness (QED) is 0.892. The number of aliphatic hydroxyl groups is 1. The van der Waals surface area contributed by atoms with Gasteiger partial charge in [-0.3, -0.25) is 0 Å². The lowest BCUT2D eigenvalue weighted by Gasteiger charge is -2.26. The van der Waals surface area contributed by atoms with Crippen LogP contribution in [0.15, 0.2) is 36.4 Å². The first-order valence-electron chi connectivity index (χ1n) is 7.60.